The molecule has 2 aliphatic carbocycles. The summed E-state index contributed by atoms with van der Waals surface area (Å²) in [4.78, 5) is 11.1. The summed E-state index contributed by atoms with van der Waals surface area (Å²) in [5.74, 6) is 3.38. The van der Waals surface area contributed by atoms with Crippen LogP contribution >= 0.6 is 0 Å². The van der Waals surface area contributed by atoms with Crippen LogP contribution in [-0.4, -0.2) is 22.8 Å². The van der Waals surface area contributed by atoms with Gasteiger partial charge in [-0.25, -0.2) is 4.79 Å². The number of aromatic carboxylic acids is 1. The number of rotatable bonds is 8. The maximum Gasteiger partial charge on any atom is 0.335 e. The van der Waals surface area contributed by atoms with Crippen molar-refractivity contribution in [2.75, 3.05) is 6.61 Å². The average molecular weight is 460 g/mol. The van der Waals surface area contributed by atoms with Crippen LogP contribution < -0.4 is 4.74 Å². The number of carboxylic acid groups (broad SMARTS) is 1. The zero-order valence-electron chi connectivity index (χ0n) is 19.8. The van der Waals surface area contributed by atoms with E-state index in [2.05, 4.69) is 17.3 Å². The van der Waals surface area contributed by atoms with Crippen LogP contribution in [0.4, 0.5) is 0 Å². The van der Waals surface area contributed by atoms with Gasteiger partial charge in [0, 0.05) is 17.2 Å². The van der Waals surface area contributed by atoms with Gasteiger partial charge < -0.3 is 14.4 Å². The van der Waals surface area contributed by atoms with Gasteiger partial charge in [0.05, 0.1) is 12.2 Å². The number of hydrogen-bond acceptors (Lipinski definition) is 4. The number of nitrogens with zero attached hydrogens (tertiary/aromatic N) is 1. The summed E-state index contributed by atoms with van der Waals surface area (Å²) in [7, 11) is 0. The van der Waals surface area contributed by atoms with Gasteiger partial charge >= 0.3 is 5.97 Å². The maximum absolute atomic E-state index is 11.1. The summed E-state index contributed by atoms with van der Waals surface area (Å²) < 4.78 is 11.5. The Balaban J connectivity index is 1.32. The molecule has 2 aromatic carbocycles. The standard InChI is InChI=1S/C29H33NO4/c1-2-33-27-13-12-24(17-25(27)7-6-21-15-19-4-3-5-20(14-19)16-21)26-18-28(34-30-26)22-8-10-23(11-9-22)29(31)32/h8-13,17-21H,2-7,14-16H2,1H3,(H,31,32). The molecule has 2 unspecified atom stereocenters. The van der Waals surface area contributed by atoms with E-state index in [0.717, 1.165) is 46.7 Å². The highest BCUT2D eigenvalue weighted by Crippen LogP contribution is 2.44. The van der Waals surface area contributed by atoms with E-state index in [9.17, 15) is 4.79 Å². The Labute approximate surface area is 201 Å². The van der Waals surface area contributed by atoms with E-state index in [1.807, 2.05) is 19.1 Å². The fourth-order valence-electron chi connectivity index (χ4n) is 6.02. The van der Waals surface area contributed by atoms with Crippen LogP contribution in [0.2, 0.25) is 0 Å². The molecule has 2 bridgehead atoms. The lowest BCUT2D eigenvalue weighted by Gasteiger charge is -2.39. The Morgan fingerprint density at radius 1 is 1.03 bits per heavy atom. The largest absolute Gasteiger partial charge is 0.494 e. The number of hydrogen-bond donors (Lipinski definition) is 1. The lowest BCUT2D eigenvalue weighted by Crippen LogP contribution is -2.27. The minimum atomic E-state index is -0.942. The second kappa shape index (κ2) is 10.0. The smallest absolute Gasteiger partial charge is 0.335 e. The summed E-state index contributed by atoms with van der Waals surface area (Å²) in [6, 6.07) is 14.9. The predicted molar refractivity (Wildman–Crippen MR) is 132 cm³/mol. The molecule has 2 fully saturated rings. The quantitative estimate of drug-likeness (QED) is 0.384. The van der Waals surface area contributed by atoms with Crippen LogP contribution in [-0.2, 0) is 6.42 Å². The van der Waals surface area contributed by atoms with Crippen molar-refractivity contribution in [3.8, 4) is 28.3 Å². The van der Waals surface area contributed by atoms with Crippen LogP contribution in [0, 0.1) is 17.8 Å². The second-order valence-electron chi connectivity index (χ2n) is 9.99. The van der Waals surface area contributed by atoms with E-state index in [1.165, 1.54) is 50.5 Å². The molecule has 0 spiro atoms. The number of aromatic nitrogens is 1. The van der Waals surface area contributed by atoms with Crippen molar-refractivity contribution in [3.05, 3.63) is 59.7 Å². The third-order valence-corrected chi connectivity index (χ3v) is 7.63. The fourth-order valence-corrected chi connectivity index (χ4v) is 6.02. The van der Waals surface area contributed by atoms with Crippen molar-refractivity contribution >= 4 is 5.97 Å². The lowest BCUT2D eigenvalue weighted by atomic mass is 9.67. The Hall–Kier alpha value is -3.08. The molecule has 0 aliphatic heterocycles. The van der Waals surface area contributed by atoms with E-state index < -0.39 is 5.97 Å². The molecule has 1 aromatic heterocycles. The first-order chi connectivity index (χ1) is 16.6. The predicted octanol–water partition coefficient (Wildman–Crippen LogP) is 7.25. The molecule has 178 valence electrons. The number of aryl methyl sites for hydroxylation is 1. The third kappa shape index (κ3) is 5.03. The van der Waals surface area contributed by atoms with Gasteiger partial charge in [0.25, 0.3) is 0 Å². The number of fused-ring (bicyclic) bond motifs is 2. The van der Waals surface area contributed by atoms with Gasteiger partial charge in [-0.05, 0) is 92.7 Å². The van der Waals surface area contributed by atoms with Gasteiger partial charge in [0.1, 0.15) is 11.4 Å². The third-order valence-electron chi connectivity index (χ3n) is 7.63. The van der Waals surface area contributed by atoms with E-state index in [0.29, 0.717) is 12.4 Å². The van der Waals surface area contributed by atoms with Gasteiger partial charge in [-0.15, -0.1) is 0 Å². The number of ether oxygens (including phenoxy) is 1. The second-order valence-corrected chi connectivity index (χ2v) is 9.99. The van der Waals surface area contributed by atoms with Crippen molar-refractivity contribution in [1.82, 2.24) is 5.16 Å². The monoisotopic (exact) mass is 459 g/mol. The Kier molecular flexibility index (Phi) is 6.70. The van der Waals surface area contributed by atoms with Crippen LogP contribution in [0.5, 0.6) is 5.75 Å². The van der Waals surface area contributed by atoms with Crippen molar-refractivity contribution in [3.63, 3.8) is 0 Å². The van der Waals surface area contributed by atoms with Crippen LogP contribution in [0.15, 0.2) is 53.1 Å². The average Bonchev–Trinajstić information content (AvgIpc) is 3.34. The molecule has 1 heterocycles. The Morgan fingerprint density at radius 3 is 2.47 bits per heavy atom. The van der Waals surface area contributed by atoms with Gasteiger partial charge in [-0.3, -0.25) is 0 Å². The normalized spacial score (nSPS) is 21.9. The molecule has 34 heavy (non-hydrogen) atoms. The highest BCUT2D eigenvalue weighted by atomic mass is 16.5. The topological polar surface area (TPSA) is 72.6 Å². The van der Waals surface area contributed by atoms with E-state index >= 15 is 0 Å². The summed E-state index contributed by atoms with van der Waals surface area (Å²) >= 11 is 0. The molecule has 2 atom stereocenters. The van der Waals surface area contributed by atoms with Crippen LogP contribution in [0.3, 0.4) is 0 Å². The number of benzene rings is 2. The van der Waals surface area contributed by atoms with Crippen molar-refractivity contribution in [2.45, 2.75) is 58.3 Å². The van der Waals surface area contributed by atoms with E-state index in [1.54, 1.807) is 24.3 Å². The molecule has 1 N–H and O–H groups in total. The summed E-state index contributed by atoms with van der Waals surface area (Å²) in [5.41, 5.74) is 4.08. The molecular formula is C29H33NO4. The molecule has 0 saturated heterocycles. The first kappa shape index (κ1) is 22.7. The Morgan fingerprint density at radius 2 is 1.76 bits per heavy atom. The van der Waals surface area contributed by atoms with E-state index in [4.69, 9.17) is 14.4 Å². The molecule has 5 nitrogen and oxygen atoms in total. The lowest BCUT2D eigenvalue weighted by molar-refractivity contribution is 0.0697. The van der Waals surface area contributed by atoms with Gasteiger partial charge in [-0.2, -0.15) is 0 Å². The van der Waals surface area contributed by atoms with Crippen LogP contribution in [0.1, 0.15) is 67.8 Å². The number of carboxylic acids is 1. The molecule has 5 rings (SSSR count). The maximum atomic E-state index is 11.1. The van der Waals surface area contributed by atoms with Crippen molar-refractivity contribution in [1.29, 1.82) is 0 Å². The molecule has 0 radical (unpaired) electrons. The molecule has 2 aliphatic rings. The first-order valence-electron chi connectivity index (χ1n) is 12.7. The zero-order chi connectivity index (χ0) is 23.5. The highest BCUT2D eigenvalue weighted by Gasteiger charge is 2.31. The van der Waals surface area contributed by atoms with E-state index in [-0.39, 0.29) is 5.56 Å². The van der Waals surface area contributed by atoms with Gasteiger partial charge in [0.2, 0.25) is 0 Å². The zero-order valence-corrected chi connectivity index (χ0v) is 19.8. The fraction of sp³-hybridized carbons (Fsp3) is 0.448. The molecule has 5 heteroatoms. The van der Waals surface area contributed by atoms with Crippen LogP contribution in [0.25, 0.3) is 22.6 Å². The number of carbonyl (C=O) groups is 1. The molecular weight excluding hydrogens is 426 g/mol. The molecule has 2 saturated carbocycles. The highest BCUT2D eigenvalue weighted by molar-refractivity contribution is 5.88. The Bertz CT molecular complexity index is 1120. The minimum Gasteiger partial charge on any atom is -0.494 e. The summed E-state index contributed by atoms with van der Waals surface area (Å²) in [6.45, 7) is 2.68. The molecule has 3 aromatic rings. The van der Waals surface area contributed by atoms with Crippen molar-refractivity contribution < 1.29 is 19.2 Å². The van der Waals surface area contributed by atoms with Gasteiger partial charge in [0.15, 0.2) is 5.76 Å². The molecule has 0 amide bonds. The summed E-state index contributed by atoms with van der Waals surface area (Å²) in [5, 5.41) is 13.4. The summed E-state index contributed by atoms with van der Waals surface area (Å²) in [6.07, 6.45) is 10.8. The first-order valence-corrected chi connectivity index (χ1v) is 12.7. The van der Waals surface area contributed by atoms with Gasteiger partial charge in [-0.1, -0.05) is 36.6 Å². The SMILES string of the molecule is CCOc1ccc(-c2cc(-c3ccc(C(=O)O)cc3)on2)cc1CCC1CC2CCCC(C2)C1. The minimum absolute atomic E-state index is 0.251. The van der Waals surface area contributed by atoms with Crippen molar-refractivity contribution in [2.24, 2.45) is 17.8 Å².